The summed E-state index contributed by atoms with van der Waals surface area (Å²) in [6, 6.07) is 9.60. The maximum absolute atomic E-state index is 6.30. The minimum Gasteiger partial charge on any atom is -0.497 e. The lowest BCUT2D eigenvalue weighted by Gasteiger charge is -2.39. The first-order valence-electron chi connectivity index (χ1n) is 8.30. The number of rotatable bonds is 5. The molecule has 2 bridgehead atoms. The molecule has 1 heterocycles. The van der Waals surface area contributed by atoms with Crippen LogP contribution in [0.2, 0.25) is 0 Å². The lowest BCUT2D eigenvalue weighted by Crippen LogP contribution is -2.51. The zero-order valence-corrected chi connectivity index (χ0v) is 13.3. The molecule has 1 aromatic carbocycles. The Morgan fingerprint density at radius 1 is 1.19 bits per heavy atom. The topological polar surface area (TPSA) is 38.5 Å². The summed E-state index contributed by atoms with van der Waals surface area (Å²) < 4.78 is 5.21. The van der Waals surface area contributed by atoms with Gasteiger partial charge in [0, 0.05) is 25.2 Å². The average Bonchev–Trinajstić information content (AvgIpc) is 2.74. The van der Waals surface area contributed by atoms with Crippen LogP contribution in [0.1, 0.15) is 31.7 Å². The van der Waals surface area contributed by atoms with Crippen LogP contribution < -0.4 is 10.5 Å². The van der Waals surface area contributed by atoms with E-state index in [-0.39, 0.29) is 0 Å². The molecule has 1 saturated carbocycles. The Bertz CT molecular complexity index is 445. The molecule has 2 aliphatic rings. The molecular weight excluding hydrogens is 260 g/mol. The molecular formula is C18H28N2O. The molecule has 1 aliphatic carbocycles. The number of ether oxygens (including phenoxy) is 1. The summed E-state index contributed by atoms with van der Waals surface area (Å²) >= 11 is 0. The van der Waals surface area contributed by atoms with Crippen LogP contribution in [-0.2, 0) is 6.42 Å². The van der Waals surface area contributed by atoms with Crippen LogP contribution >= 0.6 is 0 Å². The molecule has 3 heteroatoms. The molecule has 1 aromatic rings. The second kappa shape index (κ2) is 6.37. The molecule has 0 amide bonds. The van der Waals surface area contributed by atoms with Crippen molar-refractivity contribution in [2.45, 2.75) is 44.7 Å². The van der Waals surface area contributed by atoms with Gasteiger partial charge in [0.05, 0.1) is 7.11 Å². The van der Waals surface area contributed by atoms with Crippen molar-refractivity contribution in [2.75, 3.05) is 20.2 Å². The van der Waals surface area contributed by atoms with Gasteiger partial charge in [0.25, 0.3) is 0 Å². The highest BCUT2D eigenvalue weighted by Gasteiger charge is 2.40. The van der Waals surface area contributed by atoms with E-state index in [0.717, 1.165) is 24.0 Å². The molecule has 2 fully saturated rings. The number of methoxy groups -OCH3 is 1. The van der Waals surface area contributed by atoms with E-state index in [1.54, 1.807) is 7.11 Å². The summed E-state index contributed by atoms with van der Waals surface area (Å²) in [5.74, 6) is 2.42. The Morgan fingerprint density at radius 2 is 1.81 bits per heavy atom. The van der Waals surface area contributed by atoms with Crippen LogP contribution in [0.5, 0.6) is 5.75 Å². The lowest BCUT2D eigenvalue weighted by atomic mass is 9.91. The summed E-state index contributed by atoms with van der Waals surface area (Å²) in [6.45, 7) is 4.79. The molecule has 116 valence electrons. The number of fused-ring (bicyclic) bond motifs is 2. The third-order valence-electron chi connectivity index (χ3n) is 5.57. The summed E-state index contributed by atoms with van der Waals surface area (Å²) in [5.41, 5.74) is 7.70. The summed E-state index contributed by atoms with van der Waals surface area (Å²) in [5, 5.41) is 0. The molecule has 1 saturated heterocycles. The Balaban J connectivity index is 1.51. The van der Waals surface area contributed by atoms with Gasteiger partial charge in [-0.2, -0.15) is 0 Å². The third-order valence-corrected chi connectivity index (χ3v) is 5.57. The molecule has 3 unspecified atom stereocenters. The summed E-state index contributed by atoms with van der Waals surface area (Å²) in [6.07, 6.45) is 5.05. The van der Waals surface area contributed by atoms with Gasteiger partial charge in [0.2, 0.25) is 0 Å². The summed E-state index contributed by atoms with van der Waals surface area (Å²) in [7, 11) is 1.71. The summed E-state index contributed by atoms with van der Waals surface area (Å²) in [4.78, 5) is 2.68. The minimum atomic E-state index is 0.468. The van der Waals surface area contributed by atoms with Gasteiger partial charge in [-0.1, -0.05) is 12.1 Å². The van der Waals surface area contributed by atoms with Crippen molar-refractivity contribution in [3.63, 3.8) is 0 Å². The van der Waals surface area contributed by atoms with Gasteiger partial charge in [0.1, 0.15) is 5.75 Å². The Hall–Kier alpha value is -1.06. The van der Waals surface area contributed by atoms with Crippen molar-refractivity contribution >= 4 is 0 Å². The van der Waals surface area contributed by atoms with E-state index < -0.39 is 0 Å². The zero-order chi connectivity index (χ0) is 14.8. The predicted molar refractivity (Wildman–Crippen MR) is 86.5 cm³/mol. The first-order valence-corrected chi connectivity index (χ1v) is 8.30. The van der Waals surface area contributed by atoms with Gasteiger partial charge in [-0.15, -0.1) is 0 Å². The van der Waals surface area contributed by atoms with E-state index in [2.05, 4.69) is 36.1 Å². The Kier molecular flexibility index (Phi) is 4.51. The number of nitrogens with zero attached hydrogens (tertiary/aromatic N) is 1. The number of piperidine rings is 1. The normalized spacial score (nSPS) is 30.3. The largest absolute Gasteiger partial charge is 0.497 e. The quantitative estimate of drug-likeness (QED) is 0.905. The highest BCUT2D eigenvalue weighted by Crippen LogP contribution is 2.36. The van der Waals surface area contributed by atoms with Gasteiger partial charge < -0.3 is 10.5 Å². The number of hydrogen-bond acceptors (Lipinski definition) is 3. The van der Waals surface area contributed by atoms with Crippen LogP contribution in [0.4, 0.5) is 0 Å². The van der Waals surface area contributed by atoms with Gasteiger partial charge in [-0.3, -0.25) is 4.90 Å². The van der Waals surface area contributed by atoms with E-state index in [0.29, 0.717) is 12.1 Å². The van der Waals surface area contributed by atoms with Crippen molar-refractivity contribution in [1.29, 1.82) is 0 Å². The Morgan fingerprint density at radius 3 is 2.38 bits per heavy atom. The zero-order valence-electron chi connectivity index (χ0n) is 13.3. The van der Waals surface area contributed by atoms with Crippen LogP contribution in [0, 0.1) is 11.8 Å². The number of nitrogens with two attached hydrogens (primary N) is 1. The van der Waals surface area contributed by atoms with Gasteiger partial charge >= 0.3 is 0 Å². The molecule has 21 heavy (non-hydrogen) atoms. The lowest BCUT2D eigenvalue weighted by molar-refractivity contribution is 0.105. The van der Waals surface area contributed by atoms with E-state index >= 15 is 0 Å². The number of likely N-dealkylation sites (tertiary alicyclic amines) is 1. The second-order valence-electron chi connectivity index (χ2n) is 6.86. The maximum atomic E-state index is 6.30. The predicted octanol–water partition coefficient (Wildman–Crippen LogP) is 2.69. The van der Waals surface area contributed by atoms with Crippen LogP contribution in [0.25, 0.3) is 0 Å². The van der Waals surface area contributed by atoms with Gasteiger partial charge in [-0.05, 0) is 62.1 Å². The van der Waals surface area contributed by atoms with Crippen molar-refractivity contribution in [3.8, 4) is 5.75 Å². The van der Waals surface area contributed by atoms with E-state index in [1.807, 2.05) is 0 Å². The molecule has 3 atom stereocenters. The molecule has 0 spiro atoms. The van der Waals surface area contributed by atoms with Crippen LogP contribution in [-0.4, -0.2) is 37.2 Å². The second-order valence-corrected chi connectivity index (χ2v) is 6.86. The van der Waals surface area contributed by atoms with Crippen molar-refractivity contribution in [2.24, 2.45) is 17.6 Å². The molecule has 2 N–H and O–H groups in total. The molecule has 0 aromatic heterocycles. The van der Waals surface area contributed by atoms with E-state index in [1.165, 1.54) is 37.9 Å². The van der Waals surface area contributed by atoms with E-state index in [4.69, 9.17) is 10.5 Å². The highest BCUT2D eigenvalue weighted by molar-refractivity contribution is 5.27. The van der Waals surface area contributed by atoms with E-state index in [9.17, 15) is 0 Å². The fourth-order valence-corrected chi connectivity index (χ4v) is 4.01. The fraction of sp³-hybridized carbons (Fsp3) is 0.667. The molecule has 0 radical (unpaired) electrons. The van der Waals surface area contributed by atoms with Crippen molar-refractivity contribution in [1.82, 2.24) is 4.90 Å². The van der Waals surface area contributed by atoms with Crippen molar-refractivity contribution in [3.05, 3.63) is 29.8 Å². The third kappa shape index (κ3) is 3.24. The molecule has 3 rings (SSSR count). The first kappa shape index (κ1) is 14.9. The smallest absolute Gasteiger partial charge is 0.118 e. The highest BCUT2D eigenvalue weighted by atomic mass is 16.5. The molecule has 1 aliphatic heterocycles. The molecule has 3 nitrogen and oxygen atoms in total. The number of benzene rings is 1. The minimum absolute atomic E-state index is 0.468. The number of hydrogen-bond donors (Lipinski definition) is 1. The van der Waals surface area contributed by atoms with Crippen LogP contribution in [0.3, 0.4) is 0 Å². The fourth-order valence-electron chi connectivity index (χ4n) is 4.01. The van der Waals surface area contributed by atoms with Gasteiger partial charge in [0.15, 0.2) is 0 Å². The van der Waals surface area contributed by atoms with Crippen LogP contribution in [0.15, 0.2) is 24.3 Å². The number of aryl methyl sites for hydroxylation is 1. The SMILES string of the molecule is COc1ccc(CCC(C)N2CC3CCC(C2)C3N)cc1. The average molecular weight is 288 g/mol. The monoisotopic (exact) mass is 288 g/mol. The maximum Gasteiger partial charge on any atom is 0.118 e. The standard InChI is InChI=1S/C18H28N2O/c1-13(3-4-14-5-9-17(21-2)10-6-14)20-11-15-7-8-16(12-20)18(15)19/h5-6,9-10,13,15-16,18H,3-4,7-8,11-12,19H2,1-2H3. The van der Waals surface area contributed by atoms with Crippen molar-refractivity contribution < 1.29 is 4.74 Å². The van der Waals surface area contributed by atoms with Gasteiger partial charge in [-0.25, -0.2) is 0 Å². The first-order chi connectivity index (χ1) is 10.2. The Labute approximate surface area is 128 Å².